The second-order valence-electron chi connectivity index (χ2n) is 5.68. The maximum atomic E-state index is 5.94. The second kappa shape index (κ2) is 7.37. The van der Waals surface area contributed by atoms with E-state index in [4.69, 9.17) is 16.3 Å². The Balaban J connectivity index is 1.63. The maximum absolute atomic E-state index is 5.94. The van der Waals surface area contributed by atoms with Gasteiger partial charge in [0.05, 0.1) is 0 Å². The Hall–Kier alpha value is -3.18. The largest absolute Gasteiger partial charge is 0.471 e. The number of fused-ring (bicyclic) bond motifs is 1. The third-order valence-corrected chi connectivity index (χ3v) is 4.14. The highest BCUT2D eigenvalue weighted by Gasteiger charge is 2.10. The Labute approximate surface area is 155 Å². The van der Waals surface area contributed by atoms with E-state index in [0.717, 1.165) is 22.0 Å². The van der Waals surface area contributed by atoms with E-state index in [1.165, 1.54) is 0 Å². The number of pyridine rings is 1. The normalized spacial score (nSPS) is 10.7. The minimum Gasteiger partial charge on any atom is -0.471 e. The standard InChI is InChI=1S/C20H15ClN4O/c21-15-5-7-16(8-6-15)23-19-17-3-1-2-4-18(17)20(25-24-19)26-13-14-9-11-22-12-10-14/h1-12H,13H2,(H,23,24). The quantitative estimate of drug-likeness (QED) is 0.541. The lowest BCUT2D eigenvalue weighted by molar-refractivity contribution is 0.294. The van der Waals surface area contributed by atoms with Gasteiger partial charge in [-0.3, -0.25) is 4.98 Å². The molecule has 128 valence electrons. The van der Waals surface area contributed by atoms with Crippen LogP contribution in [0.4, 0.5) is 11.5 Å². The molecule has 4 rings (SSSR count). The molecule has 26 heavy (non-hydrogen) atoms. The average Bonchev–Trinajstić information content (AvgIpc) is 2.70. The summed E-state index contributed by atoms with van der Waals surface area (Å²) in [7, 11) is 0. The lowest BCUT2D eigenvalue weighted by Gasteiger charge is -2.12. The van der Waals surface area contributed by atoms with Gasteiger partial charge >= 0.3 is 0 Å². The van der Waals surface area contributed by atoms with Crippen molar-refractivity contribution in [1.29, 1.82) is 0 Å². The third-order valence-electron chi connectivity index (χ3n) is 3.89. The highest BCUT2D eigenvalue weighted by atomic mass is 35.5. The lowest BCUT2D eigenvalue weighted by Crippen LogP contribution is -2.02. The molecule has 6 heteroatoms. The van der Waals surface area contributed by atoms with Crippen LogP contribution >= 0.6 is 11.6 Å². The number of rotatable bonds is 5. The van der Waals surface area contributed by atoms with Crippen LogP contribution < -0.4 is 10.1 Å². The van der Waals surface area contributed by atoms with Gasteiger partial charge in [0.1, 0.15) is 6.61 Å². The van der Waals surface area contributed by atoms with Crippen LogP contribution in [0.15, 0.2) is 73.1 Å². The molecule has 0 aliphatic heterocycles. The number of ether oxygens (including phenoxy) is 1. The number of hydrogen-bond acceptors (Lipinski definition) is 5. The first-order valence-electron chi connectivity index (χ1n) is 8.09. The predicted octanol–water partition coefficient (Wildman–Crippen LogP) is 5.00. The van der Waals surface area contributed by atoms with E-state index < -0.39 is 0 Å². The number of aromatic nitrogens is 3. The topological polar surface area (TPSA) is 59.9 Å². The fraction of sp³-hybridized carbons (Fsp3) is 0.0500. The first-order valence-corrected chi connectivity index (χ1v) is 8.47. The molecular formula is C20H15ClN4O. The van der Waals surface area contributed by atoms with Crippen LogP contribution in [0.3, 0.4) is 0 Å². The van der Waals surface area contributed by atoms with E-state index in [1.807, 2.05) is 60.7 Å². The van der Waals surface area contributed by atoms with Gasteiger partial charge in [0.2, 0.25) is 5.88 Å². The van der Waals surface area contributed by atoms with Crippen molar-refractivity contribution in [3.63, 3.8) is 0 Å². The molecule has 1 N–H and O–H groups in total. The van der Waals surface area contributed by atoms with Gasteiger partial charge in [-0.2, -0.15) is 0 Å². The van der Waals surface area contributed by atoms with Crippen LogP contribution in [0.2, 0.25) is 5.02 Å². The molecule has 2 heterocycles. The van der Waals surface area contributed by atoms with E-state index in [0.29, 0.717) is 23.3 Å². The summed E-state index contributed by atoms with van der Waals surface area (Å²) < 4.78 is 5.88. The Morgan fingerprint density at radius 2 is 1.58 bits per heavy atom. The van der Waals surface area contributed by atoms with Crippen LogP contribution in [0, 0.1) is 0 Å². The number of anilines is 2. The van der Waals surface area contributed by atoms with Crippen LogP contribution in [-0.2, 0) is 6.61 Å². The van der Waals surface area contributed by atoms with Gasteiger partial charge in [-0.05, 0) is 48.0 Å². The molecule has 0 saturated carbocycles. The summed E-state index contributed by atoms with van der Waals surface area (Å²) in [6.07, 6.45) is 3.48. The molecule has 0 amide bonds. The monoisotopic (exact) mass is 362 g/mol. The van der Waals surface area contributed by atoms with E-state index >= 15 is 0 Å². The van der Waals surface area contributed by atoms with Gasteiger partial charge in [0.15, 0.2) is 5.82 Å². The molecule has 0 aliphatic rings. The van der Waals surface area contributed by atoms with Crippen LogP contribution in [0.5, 0.6) is 5.88 Å². The highest BCUT2D eigenvalue weighted by Crippen LogP contribution is 2.30. The molecule has 0 radical (unpaired) electrons. The first kappa shape index (κ1) is 16.3. The Bertz CT molecular complexity index is 1020. The van der Waals surface area contributed by atoms with E-state index in [-0.39, 0.29) is 0 Å². The van der Waals surface area contributed by atoms with Crippen molar-refractivity contribution in [3.05, 3.63) is 83.6 Å². The van der Waals surface area contributed by atoms with Crippen molar-refractivity contribution < 1.29 is 4.74 Å². The van der Waals surface area contributed by atoms with Gasteiger partial charge in [0, 0.05) is 33.9 Å². The number of benzene rings is 2. The summed E-state index contributed by atoms with van der Waals surface area (Å²) in [5, 5.41) is 14.4. The van der Waals surface area contributed by atoms with Crippen molar-refractivity contribution in [3.8, 4) is 5.88 Å². The zero-order chi connectivity index (χ0) is 17.8. The van der Waals surface area contributed by atoms with Crippen molar-refractivity contribution in [2.45, 2.75) is 6.61 Å². The van der Waals surface area contributed by atoms with Crippen LogP contribution in [-0.4, -0.2) is 15.2 Å². The minimum atomic E-state index is 0.408. The lowest BCUT2D eigenvalue weighted by atomic mass is 10.2. The maximum Gasteiger partial charge on any atom is 0.241 e. The van der Waals surface area contributed by atoms with Crippen molar-refractivity contribution in [2.75, 3.05) is 5.32 Å². The number of nitrogens with zero attached hydrogens (tertiary/aromatic N) is 3. The Morgan fingerprint density at radius 3 is 2.35 bits per heavy atom. The van der Waals surface area contributed by atoms with Gasteiger partial charge in [-0.15, -0.1) is 10.2 Å². The minimum absolute atomic E-state index is 0.408. The number of hydrogen-bond donors (Lipinski definition) is 1. The molecule has 0 unspecified atom stereocenters. The molecule has 0 fully saturated rings. The number of halogens is 1. The van der Waals surface area contributed by atoms with Gasteiger partial charge in [-0.25, -0.2) is 0 Å². The van der Waals surface area contributed by atoms with E-state index in [9.17, 15) is 0 Å². The van der Waals surface area contributed by atoms with Gasteiger partial charge in [0.25, 0.3) is 0 Å². The summed E-state index contributed by atoms with van der Waals surface area (Å²) in [4.78, 5) is 4.01. The number of nitrogens with one attached hydrogen (secondary N) is 1. The van der Waals surface area contributed by atoms with Crippen LogP contribution in [0.1, 0.15) is 5.56 Å². The average molecular weight is 363 g/mol. The predicted molar refractivity (Wildman–Crippen MR) is 103 cm³/mol. The molecule has 4 aromatic rings. The molecule has 0 spiro atoms. The Morgan fingerprint density at radius 1 is 0.846 bits per heavy atom. The SMILES string of the molecule is Clc1ccc(Nc2nnc(OCc3ccncc3)c3ccccc23)cc1. The summed E-state index contributed by atoms with van der Waals surface area (Å²) in [6, 6.07) is 19.1. The van der Waals surface area contributed by atoms with Gasteiger partial charge < -0.3 is 10.1 Å². The molecular weight excluding hydrogens is 348 g/mol. The highest BCUT2D eigenvalue weighted by molar-refractivity contribution is 6.30. The first-order chi connectivity index (χ1) is 12.8. The summed E-state index contributed by atoms with van der Waals surface area (Å²) in [5.41, 5.74) is 1.91. The van der Waals surface area contributed by atoms with E-state index in [2.05, 4.69) is 20.5 Å². The zero-order valence-electron chi connectivity index (χ0n) is 13.8. The summed E-state index contributed by atoms with van der Waals surface area (Å²) in [6.45, 7) is 0.408. The van der Waals surface area contributed by atoms with Crippen molar-refractivity contribution in [1.82, 2.24) is 15.2 Å². The fourth-order valence-electron chi connectivity index (χ4n) is 2.58. The summed E-state index contributed by atoms with van der Waals surface area (Å²) >= 11 is 5.94. The van der Waals surface area contributed by atoms with Gasteiger partial charge in [-0.1, -0.05) is 29.8 Å². The molecule has 0 bridgehead atoms. The molecule has 0 atom stereocenters. The molecule has 0 aliphatic carbocycles. The zero-order valence-corrected chi connectivity index (χ0v) is 14.5. The van der Waals surface area contributed by atoms with Crippen molar-refractivity contribution >= 4 is 33.9 Å². The fourth-order valence-corrected chi connectivity index (χ4v) is 2.70. The Kier molecular flexibility index (Phi) is 4.62. The van der Waals surface area contributed by atoms with Crippen LogP contribution in [0.25, 0.3) is 10.8 Å². The molecule has 2 aromatic heterocycles. The third kappa shape index (κ3) is 3.58. The summed E-state index contributed by atoms with van der Waals surface area (Å²) in [5.74, 6) is 1.17. The van der Waals surface area contributed by atoms with E-state index in [1.54, 1.807) is 12.4 Å². The second-order valence-corrected chi connectivity index (χ2v) is 6.11. The van der Waals surface area contributed by atoms with Crippen molar-refractivity contribution in [2.24, 2.45) is 0 Å². The molecule has 0 saturated heterocycles. The molecule has 5 nitrogen and oxygen atoms in total. The smallest absolute Gasteiger partial charge is 0.241 e. The molecule has 2 aromatic carbocycles.